The Bertz CT molecular complexity index is 1050. The smallest absolute Gasteiger partial charge is 0.251 e. The molecule has 0 saturated carbocycles. The van der Waals surface area contributed by atoms with Crippen LogP contribution in [0.3, 0.4) is 0 Å². The highest BCUT2D eigenvalue weighted by molar-refractivity contribution is 5.94. The third kappa shape index (κ3) is 4.84. The molecule has 162 valence electrons. The van der Waals surface area contributed by atoms with E-state index in [9.17, 15) is 4.79 Å². The van der Waals surface area contributed by atoms with Crippen molar-refractivity contribution in [3.05, 3.63) is 82.7 Å². The number of benzene rings is 2. The molecule has 2 aromatic carbocycles. The number of hydrogen-bond donors (Lipinski definition) is 1. The van der Waals surface area contributed by atoms with E-state index in [1.807, 2.05) is 50.2 Å². The highest BCUT2D eigenvalue weighted by atomic mass is 16.5. The van der Waals surface area contributed by atoms with E-state index < -0.39 is 0 Å². The minimum atomic E-state index is -0.0610. The van der Waals surface area contributed by atoms with E-state index in [-0.39, 0.29) is 12.0 Å². The van der Waals surface area contributed by atoms with Gasteiger partial charge in [0.1, 0.15) is 5.75 Å². The summed E-state index contributed by atoms with van der Waals surface area (Å²) in [6, 6.07) is 18.1. The van der Waals surface area contributed by atoms with E-state index >= 15 is 0 Å². The van der Waals surface area contributed by atoms with Crippen LogP contribution < -0.4 is 10.1 Å². The minimum Gasteiger partial charge on any atom is -0.491 e. The highest BCUT2D eigenvalue weighted by Gasteiger charge is 2.21. The number of hydrogen-bond acceptors (Lipinski definition) is 2. The first-order valence-corrected chi connectivity index (χ1v) is 11.2. The van der Waals surface area contributed by atoms with Gasteiger partial charge in [-0.05, 0) is 99.5 Å². The number of rotatable bonds is 6. The molecule has 0 saturated heterocycles. The Balaban J connectivity index is 1.41. The lowest BCUT2D eigenvalue weighted by atomic mass is 9.89. The zero-order valence-electron chi connectivity index (χ0n) is 18.9. The van der Waals surface area contributed by atoms with Crippen LogP contribution in [0.25, 0.3) is 5.69 Å². The van der Waals surface area contributed by atoms with E-state index in [2.05, 4.69) is 41.9 Å². The van der Waals surface area contributed by atoms with Crippen LogP contribution in [-0.4, -0.2) is 16.6 Å². The number of ether oxygens (including phenoxy) is 1. The van der Waals surface area contributed by atoms with Gasteiger partial charge in [-0.15, -0.1) is 0 Å². The van der Waals surface area contributed by atoms with Crippen LogP contribution in [0.4, 0.5) is 0 Å². The number of aryl methyl sites for hydroxylation is 1. The van der Waals surface area contributed by atoms with Gasteiger partial charge in [-0.2, -0.15) is 0 Å². The van der Waals surface area contributed by atoms with Gasteiger partial charge < -0.3 is 14.6 Å². The number of carbonyl (C=O) groups excluding carboxylic acids is 1. The largest absolute Gasteiger partial charge is 0.491 e. The maximum atomic E-state index is 12.6. The van der Waals surface area contributed by atoms with Crippen LogP contribution in [0.5, 0.6) is 5.75 Å². The molecule has 1 aliphatic carbocycles. The molecule has 1 aliphatic rings. The summed E-state index contributed by atoms with van der Waals surface area (Å²) in [5, 5.41) is 3.01. The first-order chi connectivity index (χ1) is 14.9. The first kappa shape index (κ1) is 21.2. The molecule has 1 heterocycles. The molecule has 1 N–H and O–H groups in total. The fraction of sp³-hybridized carbons (Fsp3) is 0.370. The lowest BCUT2D eigenvalue weighted by Crippen LogP contribution is -2.22. The van der Waals surface area contributed by atoms with Crippen LogP contribution in [0, 0.1) is 12.8 Å². The molecule has 3 aromatic rings. The molecule has 0 spiro atoms. The van der Waals surface area contributed by atoms with E-state index in [0.717, 1.165) is 35.8 Å². The molecule has 0 radical (unpaired) electrons. The Morgan fingerprint density at radius 3 is 2.52 bits per heavy atom. The van der Waals surface area contributed by atoms with Crippen molar-refractivity contribution >= 4 is 5.91 Å². The predicted octanol–water partition coefficient (Wildman–Crippen LogP) is 5.63. The summed E-state index contributed by atoms with van der Waals surface area (Å²) in [5.74, 6) is 1.54. The summed E-state index contributed by atoms with van der Waals surface area (Å²) < 4.78 is 8.02. The Labute approximate surface area is 185 Å². The zero-order valence-corrected chi connectivity index (χ0v) is 18.9. The SMILES string of the molecule is Cc1cc2c(n1-c1ccc(C(=O)NCc3ccc(OC(C)C)cc3)cc1)CCC(C)C2. The quantitative estimate of drug-likeness (QED) is 0.566. The van der Waals surface area contributed by atoms with Crippen molar-refractivity contribution in [1.29, 1.82) is 0 Å². The summed E-state index contributed by atoms with van der Waals surface area (Å²) in [6.45, 7) is 9.00. The Morgan fingerprint density at radius 2 is 1.84 bits per heavy atom. The average molecular weight is 417 g/mol. The van der Waals surface area contributed by atoms with Crippen molar-refractivity contribution in [2.24, 2.45) is 5.92 Å². The molecule has 4 heteroatoms. The van der Waals surface area contributed by atoms with Crippen molar-refractivity contribution in [1.82, 2.24) is 9.88 Å². The second-order valence-electron chi connectivity index (χ2n) is 8.98. The third-order valence-corrected chi connectivity index (χ3v) is 5.95. The van der Waals surface area contributed by atoms with Gasteiger partial charge in [0.2, 0.25) is 0 Å². The minimum absolute atomic E-state index is 0.0610. The average Bonchev–Trinajstić information content (AvgIpc) is 3.07. The number of fused-ring (bicyclic) bond motifs is 1. The van der Waals surface area contributed by atoms with Gasteiger partial charge in [0, 0.05) is 29.2 Å². The van der Waals surface area contributed by atoms with Crippen LogP contribution in [0.15, 0.2) is 54.6 Å². The second-order valence-corrected chi connectivity index (χ2v) is 8.98. The molecule has 1 unspecified atom stereocenters. The fourth-order valence-electron chi connectivity index (χ4n) is 4.43. The Morgan fingerprint density at radius 1 is 1.13 bits per heavy atom. The maximum absolute atomic E-state index is 12.6. The maximum Gasteiger partial charge on any atom is 0.251 e. The van der Waals surface area contributed by atoms with Crippen molar-refractivity contribution in [3.8, 4) is 11.4 Å². The molecule has 31 heavy (non-hydrogen) atoms. The van der Waals surface area contributed by atoms with E-state index in [4.69, 9.17) is 4.74 Å². The summed E-state index contributed by atoms with van der Waals surface area (Å²) in [6.07, 6.45) is 3.67. The lowest BCUT2D eigenvalue weighted by Gasteiger charge is -2.21. The predicted molar refractivity (Wildman–Crippen MR) is 125 cm³/mol. The van der Waals surface area contributed by atoms with E-state index in [1.165, 1.54) is 23.4 Å². The van der Waals surface area contributed by atoms with Gasteiger partial charge in [-0.25, -0.2) is 0 Å². The standard InChI is InChI=1S/C27H32N2O2/c1-18(2)31-25-12-6-21(7-13-25)17-28-27(30)22-8-10-24(11-9-22)29-20(4)16-23-15-19(3)5-14-26(23)29/h6-13,16,18-19H,5,14-15,17H2,1-4H3,(H,28,30). The van der Waals surface area contributed by atoms with Crippen LogP contribution in [0.2, 0.25) is 0 Å². The molecule has 4 nitrogen and oxygen atoms in total. The number of nitrogens with one attached hydrogen (secondary N) is 1. The number of aromatic nitrogens is 1. The molecule has 4 rings (SSSR count). The van der Waals surface area contributed by atoms with E-state index in [0.29, 0.717) is 12.1 Å². The molecule has 1 aromatic heterocycles. The Kier molecular flexibility index (Phi) is 6.17. The number of nitrogens with zero attached hydrogens (tertiary/aromatic N) is 1. The number of carbonyl (C=O) groups is 1. The fourth-order valence-corrected chi connectivity index (χ4v) is 4.43. The van der Waals surface area contributed by atoms with Crippen molar-refractivity contribution < 1.29 is 9.53 Å². The van der Waals surface area contributed by atoms with Crippen molar-refractivity contribution in [3.63, 3.8) is 0 Å². The normalized spacial score (nSPS) is 15.6. The van der Waals surface area contributed by atoms with Gasteiger partial charge in [-0.3, -0.25) is 4.79 Å². The summed E-state index contributed by atoms with van der Waals surface area (Å²) in [7, 11) is 0. The number of amides is 1. The zero-order chi connectivity index (χ0) is 22.0. The summed E-state index contributed by atoms with van der Waals surface area (Å²) in [4.78, 5) is 12.6. The molecule has 0 bridgehead atoms. The van der Waals surface area contributed by atoms with Gasteiger partial charge >= 0.3 is 0 Å². The molecular formula is C27H32N2O2. The molecule has 1 amide bonds. The van der Waals surface area contributed by atoms with Crippen LogP contribution >= 0.6 is 0 Å². The van der Waals surface area contributed by atoms with Gasteiger partial charge in [0.15, 0.2) is 0 Å². The van der Waals surface area contributed by atoms with Crippen molar-refractivity contribution in [2.45, 2.75) is 59.6 Å². The second kappa shape index (κ2) is 9.01. The van der Waals surface area contributed by atoms with Gasteiger partial charge in [0.25, 0.3) is 5.91 Å². The molecule has 0 fully saturated rings. The molecule has 1 atom stereocenters. The summed E-state index contributed by atoms with van der Waals surface area (Å²) >= 11 is 0. The van der Waals surface area contributed by atoms with Gasteiger partial charge in [0.05, 0.1) is 6.10 Å². The van der Waals surface area contributed by atoms with Crippen LogP contribution in [0.1, 0.15) is 60.1 Å². The van der Waals surface area contributed by atoms with Gasteiger partial charge in [-0.1, -0.05) is 19.1 Å². The van der Waals surface area contributed by atoms with Crippen LogP contribution in [-0.2, 0) is 19.4 Å². The topological polar surface area (TPSA) is 43.3 Å². The monoisotopic (exact) mass is 416 g/mol. The van der Waals surface area contributed by atoms with E-state index in [1.54, 1.807) is 0 Å². The molecule has 0 aliphatic heterocycles. The Hall–Kier alpha value is -3.01. The van der Waals surface area contributed by atoms with Crippen molar-refractivity contribution in [2.75, 3.05) is 0 Å². The highest BCUT2D eigenvalue weighted by Crippen LogP contribution is 2.30. The summed E-state index contributed by atoms with van der Waals surface area (Å²) in [5.41, 5.74) is 7.02. The first-order valence-electron chi connectivity index (χ1n) is 11.2. The molecular weight excluding hydrogens is 384 g/mol. The lowest BCUT2D eigenvalue weighted by molar-refractivity contribution is 0.0951. The third-order valence-electron chi connectivity index (χ3n) is 5.95.